The number of carbonyl (C=O) groups excluding carboxylic acids is 3. The maximum Gasteiger partial charge on any atom is 0.407 e. The number of amides is 3. The van der Waals surface area contributed by atoms with Crippen LogP contribution in [0.1, 0.15) is 86.0 Å². The molecule has 5 heterocycles. The van der Waals surface area contributed by atoms with Gasteiger partial charge >= 0.3 is 6.09 Å². The van der Waals surface area contributed by atoms with E-state index in [-0.39, 0.29) is 35.9 Å². The first-order valence-corrected chi connectivity index (χ1v) is 21.4. The predicted molar refractivity (Wildman–Crippen MR) is 234 cm³/mol. The molecule has 0 bridgehead atoms. The number of alkyl carbamates (subject to hydrolysis) is 1. The Morgan fingerprint density at radius 1 is 0.705 bits per heavy atom. The number of hydrogen-bond acceptors (Lipinski definition) is 8. The highest BCUT2D eigenvalue weighted by Gasteiger charge is 2.40. The summed E-state index contributed by atoms with van der Waals surface area (Å²) >= 11 is 0. The van der Waals surface area contributed by atoms with Crippen LogP contribution in [-0.4, -0.2) is 117 Å². The maximum atomic E-state index is 14.4. The van der Waals surface area contributed by atoms with Crippen molar-refractivity contribution in [2.75, 3.05) is 53.4 Å². The van der Waals surface area contributed by atoms with Crippen molar-refractivity contribution in [1.29, 1.82) is 0 Å². The van der Waals surface area contributed by atoms with Crippen molar-refractivity contribution >= 4 is 17.9 Å². The highest BCUT2D eigenvalue weighted by Crippen LogP contribution is 2.36. The molecule has 0 radical (unpaired) electrons. The van der Waals surface area contributed by atoms with E-state index in [2.05, 4.69) is 61.1 Å². The largest absolute Gasteiger partial charge is 0.453 e. The third-order valence-corrected chi connectivity index (χ3v) is 12.3. The molecule has 0 unspecified atom stereocenters. The summed E-state index contributed by atoms with van der Waals surface area (Å²) in [6, 6.07) is 25.1. The van der Waals surface area contributed by atoms with Gasteiger partial charge in [-0.15, -0.1) is 0 Å². The number of piperazine rings is 1. The van der Waals surface area contributed by atoms with Gasteiger partial charge in [0.2, 0.25) is 11.8 Å². The van der Waals surface area contributed by atoms with Crippen molar-refractivity contribution < 1.29 is 19.1 Å². The van der Waals surface area contributed by atoms with E-state index >= 15 is 0 Å². The SMILES string of the molecule is COC(=O)N[C@H](C(=O)N1CCC[C@H]1c1ncc(-c2ccc(C#Cc3ccc(-c4cnc([C@@H]5CCCN5C(=O)[C@@H](c5ccccc5)N5CCN(C)CC5)[nH]4)cc3)cc2)[nH]1)C(C)C. The van der Waals surface area contributed by atoms with Crippen LogP contribution in [0, 0.1) is 17.8 Å². The fourth-order valence-corrected chi connectivity index (χ4v) is 8.81. The Morgan fingerprint density at radius 3 is 1.70 bits per heavy atom. The number of carbonyl (C=O) groups is 3. The minimum Gasteiger partial charge on any atom is -0.453 e. The number of rotatable bonds is 10. The zero-order valence-corrected chi connectivity index (χ0v) is 35.4. The number of aromatic amines is 2. The highest BCUT2D eigenvalue weighted by molar-refractivity contribution is 5.86. The summed E-state index contributed by atoms with van der Waals surface area (Å²) in [4.78, 5) is 64.9. The van der Waals surface area contributed by atoms with Gasteiger partial charge in [0.25, 0.3) is 0 Å². The van der Waals surface area contributed by atoms with Crippen molar-refractivity contribution in [2.45, 2.75) is 63.7 Å². The van der Waals surface area contributed by atoms with Crippen LogP contribution in [0.3, 0.4) is 0 Å². The van der Waals surface area contributed by atoms with Crippen LogP contribution in [0.2, 0.25) is 0 Å². The smallest absolute Gasteiger partial charge is 0.407 e. The molecule has 13 nitrogen and oxygen atoms in total. The van der Waals surface area contributed by atoms with Crippen molar-refractivity contribution in [3.8, 4) is 34.4 Å². The molecule has 0 saturated carbocycles. The molecule has 4 atom stereocenters. The third kappa shape index (κ3) is 9.26. The van der Waals surface area contributed by atoms with Crippen molar-refractivity contribution in [3.05, 3.63) is 120 Å². The summed E-state index contributed by atoms with van der Waals surface area (Å²) in [6.45, 7) is 8.74. The van der Waals surface area contributed by atoms with Gasteiger partial charge in [0.1, 0.15) is 23.7 Å². The number of ether oxygens (including phenoxy) is 1. The first-order valence-electron chi connectivity index (χ1n) is 21.4. The van der Waals surface area contributed by atoms with Crippen LogP contribution < -0.4 is 5.32 Å². The molecule has 3 N–H and O–H groups in total. The lowest BCUT2D eigenvalue weighted by molar-refractivity contribution is -0.139. The van der Waals surface area contributed by atoms with Gasteiger partial charge in [-0.25, -0.2) is 14.8 Å². The van der Waals surface area contributed by atoms with E-state index < -0.39 is 12.1 Å². The van der Waals surface area contributed by atoms with Crippen LogP contribution in [0.4, 0.5) is 4.79 Å². The lowest BCUT2D eigenvalue weighted by Crippen LogP contribution is -2.51. The fourth-order valence-electron chi connectivity index (χ4n) is 8.81. The Hall–Kier alpha value is -6.23. The molecule has 3 aliphatic heterocycles. The van der Waals surface area contributed by atoms with E-state index in [4.69, 9.17) is 9.72 Å². The van der Waals surface area contributed by atoms with Gasteiger partial charge in [-0.05, 0) is 79.6 Å². The van der Waals surface area contributed by atoms with E-state index in [0.29, 0.717) is 6.54 Å². The molecule has 3 saturated heterocycles. The summed E-state index contributed by atoms with van der Waals surface area (Å²) in [6.07, 6.45) is 6.51. The van der Waals surface area contributed by atoms with E-state index in [1.807, 2.05) is 96.6 Å². The molecular weight excluding hydrogens is 767 g/mol. The molecule has 3 aromatic carbocycles. The number of likely N-dealkylation sites (N-methyl/N-ethyl adjacent to an activating group) is 1. The lowest BCUT2D eigenvalue weighted by atomic mass is 10.0. The van der Waals surface area contributed by atoms with Gasteiger partial charge in [0.15, 0.2) is 0 Å². The second kappa shape index (κ2) is 18.6. The van der Waals surface area contributed by atoms with E-state index in [9.17, 15) is 14.4 Å². The Morgan fingerprint density at radius 2 is 1.21 bits per heavy atom. The van der Waals surface area contributed by atoms with Gasteiger partial charge in [0.05, 0.1) is 43.0 Å². The number of benzene rings is 3. The Kier molecular flexibility index (Phi) is 12.6. The summed E-state index contributed by atoms with van der Waals surface area (Å²) in [5.41, 5.74) is 6.56. The summed E-state index contributed by atoms with van der Waals surface area (Å²) in [7, 11) is 3.43. The first kappa shape index (κ1) is 41.5. The number of H-pyrrole nitrogens is 2. The number of nitrogens with one attached hydrogen (secondary N) is 3. The molecule has 316 valence electrons. The molecule has 61 heavy (non-hydrogen) atoms. The Labute approximate surface area is 357 Å². The van der Waals surface area contributed by atoms with Gasteiger partial charge in [-0.1, -0.05) is 80.3 Å². The zero-order chi connectivity index (χ0) is 42.5. The second-order valence-electron chi connectivity index (χ2n) is 16.7. The summed E-state index contributed by atoms with van der Waals surface area (Å²) in [5.74, 6) is 8.04. The van der Waals surface area contributed by atoms with Crippen molar-refractivity contribution in [2.24, 2.45) is 5.92 Å². The number of nitrogens with zero attached hydrogens (tertiary/aromatic N) is 6. The van der Waals surface area contributed by atoms with Crippen LogP contribution in [0.15, 0.2) is 91.3 Å². The van der Waals surface area contributed by atoms with Crippen LogP contribution in [-0.2, 0) is 14.3 Å². The number of aromatic nitrogens is 4. The van der Waals surface area contributed by atoms with Crippen LogP contribution in [0.25, 0.3) is 22.5 Å². The average Bonchev–Trinajstić information content (AvgIpc) is 4.13. The monoisotopic (exact) mass is 821 g/mol. The number of hydrogen-bond donors (Lipinski definition) is 3. The highest BCUT2D eigenvalue weighted by atomic mass is 16.5. The molecule has 0 spiro atoms. The summed E-state index contributed by atoms with van der Waals surface area (Å²) in [5, 5.41) is 2.70. The molecule has 2 aromatic heterocycles. The second-order valence-corrected chi connectivity index (χ2v) is 16.7. The Bertz CT molecular complexity index is 2350. The van der Waals surface area contributed by atoms with E-state index in [0.717, 1.165) is 109 Å². The molecule has 3 fully saturated rings. The summed E-state index contributed by atoms with van der Waals surface area (Å²) < 4.78 is 4.76. The van der Waals surface area contributed by atoms with Gasteiger partial charge in [0, 0.05) is 50.4 Å². The quantitative estimate of drug-likeness (QED) is 0.135. The standard InChI is InChI=1S/C48H55N9O4/c1-32(2)42(53-48(60)61-4)46(58)56-24-8-12-40(56)44-49-30-38(51-44)35-20-16-33(17-21-35)14-15-34-18-22-36(23-19-34)39-31-50-45(52-39)41-13-9-25-57(41)47(59)43(37-10-6-5-7-11-37)55-28-26-54(3)27-29-55/h5-7,10-11,16-23,30-32,40-43H,8-9,12-13,24-29H2,1-4H3,(H,49,51)(H,50,52)(H,53,60)/t40-,41-,42-,43+/m0/s1. The number of likely N-dealkylation sites (tertiary alicyclic amines) is 2. The maximum absolute atomic E-state index is 14.4. The van der Waals surface area contributed by atoms with Crippen LogP contribution in [0.5, 0.6) is 0 Å². The molecule has 0 aliphatic carbocycles. The van der Waals surface area contributed by atoms with Gasteiger partial charge in [-0.2, -0.15) is 0 Å². The third-order valence-electron chi connectivity index (χ3n) is 12.3. The molecule has 3 aliphatic rings. The van der Waals surface area contributed by atoms with Gasteiger partial charge in [-0.3, -0.25) is 14.5 Å². The predicted octanol–water partition coefficient (Wildman–Crippen LogP) is 6.56. The topological polar surface area (TPSA) is 143 Å². The Balaban J connectivity index is 0.898. The number of imidazole rings is 2. The molecular formula is C48H55N9O4. The van der Waals surface area contributed by atoms with Crippen molar-refractivity contribution in [1.82, 2.24) is 44.9 Å². The van der Waals surface area contributed by atoms with Gasteiger partial charge < -0.3 is 34.7 Å². The number of methoxy groups -OCH3 is 1. The first-order chi connectivity index (χ1) is 29.7. The van der Waals surface area contributed by atoms with Crippen LogP contribution >= 0.6 is 0 Å². The minimum atomic E-state index is -0.683. The zero-order valence-electron chi connectivity index (χ0n) is 35.4. The van der Waals surface area contributed by atoms with E-state index in [1.165, 1.54) is 7.11 Å². The molecule has 13 heteroatoms. The lowest BCUT2D eigenvalue weighted by Gasteiger charge is -2.39. The van der Waals surface area contributed by atoms with E-state index in [1.54, 1.807) is 6.20 Å². The normalized spacial score (nSPS) is 19.4. The minimum absolute atomic E-state index is 0.0963. The van der Waals surface area contributed by atoms with Crippen molar-refractivity contribution in [3.63, 3.8) is 0 Å². The molecule has 3 amide bonds. The fraction of sp³-hybridized carbons (Fsp3) is 0.396. The molecule has 8 rings (SSSR count). The molecule has 5 aromatic rings. The average molecular weight is 822 g/mol.